The number of amides is 1. The maximum atomic E-state index is 13.7. The van der Waals surface area contributed by atoms with Gasteiger partial charge in [0.15, 0.2) is 11.4 Å². The number of rotatable bonds is 31. The number of anilines is 2. The Balaban J connectivity index is 0.836. The first-order chi connectivity index (χ1) is 49.0. The normalized spacial score (nSPS) is 17.8. The molecule has 6 aromatic carbocycles. The van der Waals surface area contributed by atoms with Crippen LogP contribution in [0.25, 0.3) is 21.5 Å². The van der Waals surface area contributed by atoms with Crippen LogP contribution in [0.4, 0.5) is 22.7 Å². The number of carboxylic acids is 1. The van der Waals surface area contributed by atoms with Gasteiger partial charge in [-0.3, -0.25) is 32.4 Å². The monoisotopic (exact) mass is 1530 g/mol. The highest BCUT2D eigenvalue weighted by Crippen LogP contribution is 2.53. The van der Waals surface area contributed by atoms with E-state index in [4.69, 9.17) is 0 Å². The molecule has 6 aromatic rings. The second-order valence-corrected chi connectivity index (χ2v) is 36.5. The Bertz CT molecular complexity index is 5370. The first-order valence-corrected chi connectivity index (χ1v) is 42.3. The molecule has 560 valence electrons. The summed E-state index contributed by atoms with van der Waals surface area (Å²) in [5.41, 5.74) is 7.80. The molecule has 0 aliphatic carbocycles. The Hall–Kier alpha value is -8.29. The quantitative estimate of drug-likeness (QED) is 0.00920. The number of aliphatic carboxylic acids is 1. The van der Waals surface area contributed by atoms with Gasteiger partial charge in [0, 0.05) is 125 Å². The van der Waals surface area contributed by atoms with Gasteiger partial charge in [0.2, 0.25) is 17.3 Å². The number of nitrogens with one attached hydrogen (secondary N) is 1. The summed E-state index contributed by atoms with van der Waals surface area (Å²) in [6.07, 6.45) is 23.1. The standard InChI is InChI=1S/C77H89N5O18S5/c1-74(2)58-49-52(35-39-60(58)80(45-23-47-101(86,87)88)66(74)29-13-9-14-30-67-75(3,4)59-50-53(103(92,93)94)36-40-61(59)79(67)43-20-12-18-34-71(84)85)51-78-70(83)33-17-11-19-44-81-62-41-37-54-56(25-21-27-64(54)104(95,96)97)72(62)76(5,6)68(81)31-15-10-16-32-69-77(7,8)73-57-26-22-28-65(105(98,99)100)55(57)38-42-63(73)82(69)46-24-48-102(89,90)91/h9-10,13-16,21-22,25-32,35-42,49-50H,11-12,17-20,23-24,33-34,43-48,51H2,1-8H3,(H5-2,78,83,84,85,86,87,88,89,90,91,92,93,94,95,96,97,98,99,100)/p+2. The summed E-state index contributed by atoms with van der Waals surface area (Å²) >= 11 is 0. The summed E-state index contributed by atoms with van der Waals surface area (Å²) in [6.45, 7) is 17.8. The average Bonchev–Trinajstić information content (AvgIpc) is 1.60. The van der Waals surface area contributed by atoms with E-state index in [2.05, 4.69) is 28.6 Å². The van der Waals surface area contributed by atoms with Crippen molar-refractivity contribution in [3.63, 3.8) is 0 Å². The third-order valence-corrected chi connectivity index (χ3v) is 24.7. The highest BCUT2D eigenvalue weighted by atomic mass is 32.2. The Morgan fingerprint density at radius 2 is 0.971 bits per heavy atom. The number of carbonyl (C=O) groups is 2. The van der Waals surface area contributed by atoms with Crippen LogP contribution in [-0.4, -0.2) is 140 Å². The number of unbranched alkanes of at least 4 members (excludes halogenated alkanes) is 4. The van der Waals surface area contributed by atoms with Crippen LogP contribution < -0.4 is 15.1 Å². The largest absolute Gasteiger partial charge is 0.481 e. The minimum absolute atomic E-state index is 0.0483. The molecule has 0 atom stereocenters. The highest BCUT2D eigenvalue weighted by molar-refractivity contribution is 7.87. The molecular weight excluding hydrogens is 1440 g/mol. The van der Waals surface area contributed by atoms with Crippen LogP contribution >= 0.6 is 0 Å². The predicted octanol–water partition coefficient (Wildman–Crippen LogP) is 13.2. The molecule has 1 amide bonds. The number of benzene rings is 6. The van der Waals surface area contributed by atoms with Crippen molar-refractivity contribution < 1.29 is 88.7 Å². The van der Waals surface area contributed by atoms with Crippen molar-refractivity contribution in [1.29, 1.82) is 0 Å². The van der Waals surface area contributed by atoms with Gasteiger partial charge in [-0.25, -0.2) is 0 Å². The lowest BCUT2D eigenvalue weighted by Gasteiger charge is -2.27. The van der Waals surface area contributed by atoms with Crippen LogP contribution in [0.15, 0.2) is 184 Å². The number of carboxylic acid groups (broad SMARTS) is 1. The van der Waals surface area contributed by atoms with Gasteiger partial charge < -0.3 is 20.2 Å². The molecule has 28 heteroatoms. The molecule has 0 bridgehead atoms. The minimum atomic E-state index is -4.60. The van der Waals surface area contributed by atoms with E-state index < -0.39 is 89.7 Å². The molecule has 23 nitrogen and oxygen atoms in total. The average molecular weight is 1530 g/mol. The first kappa shape index (κ1) is 79.3. The zero-order valence-electron chi connectivity index (χ0n) is 59.9. The van der Waals surface area contributed by atoms with Crippen LogP contribution in [0.5, 0.6) is 0 Å². The topological polar surface area (TPSA) is 351 Å². The van der Waals surface area contributed by atoms with Crippen molar-refractivity contribution in [2.75, 3.05) is 47.5 Å². The molecule has 10 rings (SSSR count). The van der Waals surface area contributed by atoms with E-state index >= 15 is 0 Å². The van der Waals surface area contributed by atoms with Crippen LogP contribution in [0.3, 0.4) is 0 Å². The molecule has 4 aliphatic heterocycles. The molecule has 0 spiro atoms. The minimum Gasteiger partial charge on any atom is -0.481 e. The zero-order chi connectivity index (χ0) is 76.6. The van der Waals surface area contributed by atoms with Crippen molar-refractivity contribution in [1.82, 2.24) is 5.32 Å². The second kappa shape index (κ2) is 30.5. The third-order valence-electron chi connectivity index (χ3n) is 20.4. The Morgan fingerprint density at radius 3 is 1.57 bits per heavy atom. The predicted molar refractivity (Wildman–Crippen MR) is 408 cm³/mol. The summed E-state index contributed by atoms with van der Waals surface area (Å²) in [5.74, 6) is -1.96. The highest BCUT2D eigenvalue weighted by Gasteiger charge is 2.48. The van der Waals surface area contributed by atoms with E-state index in [0.29, 0.717) is 84.4 Å². The molecule has 0 unspecified atom stereocenters. The smallest absolute Gasteiger partial charge is 0.303 e. The number of carbonyl (C=O) groups excluding carboxylic acids is 1. The lowest BCUT2D eigenvalue weighted by molar-refractivity contribution is -0.438. The van der Waals surface area contributed by atoms with Crippen LogP contribution in [0.2, 0.25) is 0 Å². The van der Waals surface area contributed by atoms with E-state index in [9.17, 15) is 79.5 Å². The number of hydrogen-bond donors (Lipinski definition) is 7. The Labute approximate surface area is 615 Å². The van der Waals surface area contributed by atoms with Crippen molar-refractivity contribution in [3.8, 4) is 0 Å². The van der Waals surface area contributed by atoms with Crippen molar-refractivity contribution in [3.05, 3.63) is 197 Å². The molecule has 4 heterocycles. The maximum Gasteiger partial charge on any atom is 0.303 e. The second-order valence-electron chi connectivity index (χ2n) is 29.1. The molecule has 0 radical (unpaired) electrons. The number of nitrogens with zero attached hydrogens (tertiary/aromatic N) is 4. The van der Waals surface area contributed by atoms with Gasteiger partial charge in [-0.1, -0.05) is 113 Å². The van der Waals surface area contributed by atoms with E-state index in [0.717, 1.165) is 62.1 Å². The summed E-state index contributed by atoms with van der Waals surface area (Å²) < 4.78 is 176. The Morgan fingerprint density at radius 1 is 0.457 bits per heavy atom. The molecule has 7 N–H and O–H groups in total. The summed E-state index contributed by atoms with van der Waals surface area (Å²) in [4.78, 5) is 28.4. The van der Waals surface area contributed by atoms with Gasteiger partial charge in [0.1, 0.15) is 22.9 Å². The molecule has 4 aliphatic rings. The zero-order valence-corrected chi connectivity index (χ0v) is 64.0. The molecule has 0 saturated carbocycles. The number of hydrogen-bond acceptors (Lipinski definition) is 14. The summed E-state index contributed by atoms with van der Waals surface area (Å²) in [7, 11) is -22.2. The Kier molecular flexibility index (Phi) is 23.0. The lowest BCUT2D eigenvalue weighted by Crippen LogP contribution is -2.28. The molecule has 105 heavy (non-hydrogen) atoms. The van der Waals surface area contributed by atoms with E-state index in [1.807, 2.05) is 142 Å². The first-order valence-electron chi connectivity index (χ1n) is 34.7. The number of allylic oxidation sites excluding steroid dienone is 12. The van der Waals surface area contributed by atoms with Crippen molar-refractivity contribution in [2.45, 2.75) is 162 Å². The van der Waals surface area contributed by atoms with Crippen LogP contribution in [0, 0.1) is 0 Å². The van der Waals surface area contributed by atoms with Crippen molar-refractivity contribution >= 4 is 118 Å². The van der Waals surface area contributed by atoms with Gasteiger partial charge in [0.05, 0.1) is 27.2 Å². The maximum absolute atomic E-state index is 13.7. The molecule has 0 aromatic heterocycles. The van der Waals surface area contributed by atoms with E-state index in [-0.39, 0.29) is 65.9 Å². The fourth-order valence-electron chi connectivity index (χ4n) is 15.5. The molecule has 0 fully saturated rings. The molecular formula is C77H91N5O18S5+2. The van der Waals surface area contributed by atoms with Gasteiger partial charge in [0.25, 0.3) is 50.6 Å². The molecule has 0 saturated heterocycles. The van der Waals surface area contributed by atoms with Crippen molar-refractivity contribution in [2.24, 2.45) is 0 Å². The SMILES string of the molecule is CC1(C)C(=CC=CC=CC2=[N+](CCCCCC(=O)O)c3ccc(S(=O)(=O)O)cc3C2(C)C)N(CCCS(=O)(=O)O)c2ccc(CNC(=O)CCCCCN3C(=CC=CC=CC4=[N+](CCCS(=O)(=O)O)c5ccc6c(S(=O)(=O)O)cccc6c5C4(C)C)C(C)(C)c4c3ccc3c(S(=O)(=O)O)cccc43)cc21. The van der Waals surface area contributed by atoms with Gasteiger partial charge in [-0.15, -0.1) is 0 Å². The van der Waals surface area contributed by atoms with Crippen LogP contribution in [-0.2, 0) is 88.4 Å². The summed E-state index contributed by atoms with van der Waals surface area (Å²) in [5, 5.41) is 14.2. The summed E-state index contributed by atoms with van der Waals surface area (Å²) in [6, 6.07) is 26.8. The van der Waals surface area contributed by atoms with Gasteiger partial charge in [-0.05, 0) is 142 Å². The van der Waals surface area contributed by atoms with Gasteiger partial charge in [-0.2, -0.15) is 51.2 Å². The lowest BCUT2D eigenvalue weighted by atomic mass is 9.79. The fraction of sp³-hybridized carbons (Fsp3) is 0.377. The van der Waals surface area contributed by atoms with Crippen LogP contribution in [0.1, 0.15) is 147 Å². The number of fused-ring (bicyclic) bond motifs is 8. The van der Waals surface area contributed by atoms with E-state index in [1.54, 1.807) is 42.5 Å². The fourth-order valence-corrected chi connectivity index (χ4v) is 18.4. The van der Waals surface area contributed by atoms with Gasteiger partial charge >= 0.3 is 5.97 Å². The van der Waals surface area contributed by atoms with E-state index in [1.165, 1.54) is 24.3 Å². The third kappa shape index (κ3) is 17.3.